The van der Waals surface area contributed by atoms with E-state index >= 15 is 0 Å². The maximum absolute atomic E-state index is 13.2. The second-order valence-corrected chi connectivity index (χ2v) is 10.8. The molecular weight excluding hydrogens is 490 g/mol. The van der Waals surface area contributed by atoms with Gasteiger partial charge in [-0.3, -0.25) is 19.8 Å². The van der Waals surface area contributed by atoms with E-state index in [2.05, 4.69) is 55.2 Å². The highest BCUT2D eigenvalue weighted by Gasteiger charge is 2.23. The van der Waals surface area contributed by atoms with Crippen molar-refractivity contribution in [3.05, 3.63) is 66.2 Å². The Balaban J connectivity index is 1.18. The van der Waals surface area contributed by atoms with Crippen LogP contribution in [0.25, 0.3) is 22.0 Å². The normalized spacial score (nSPS) is 20.3. The lowest BCUT2D eigenvalue weighted by molar-refractivity contribution is -0.00545. The number of likely N-dealkylation sites (tertiary alicyclic amines) is 1. The van der Waals surface area contributed by atoms with E-state index in [4.69, 9.17) is 4.74 Å². The lowest BCUT2D eigenvalue weighted by atomic mass is 10.0. The number of pyridine rings is 2. The number of nitrogens with zero attached hydrogens (tertiary/aromatic N) is 5. The van der Waals surface area contributed by atoms with E-state index < -0.39 is 0 Å². The van der Waals surface area contributed by atoms with Gasteiger partial charge in [0.05, 0.1) is 29.6 Å². The average Bonchev–Trinajstić information content (AvgIpc) is 3.37. The third kappa shape index (κ3) is 5.79. The van der Waals surface area contributed by atoms with Crippen LogP contribution in [-0.4, -0.2) is 69.4 Å². The van der Waals surface area contributed by atoms with Gasteiger partial charge in [-0.25, -0.2) is 4.98 Å². The standard InChI is InChI=1S/C30H35N7O2/c1-20-17-37(18-21(2)39-20)28-9-7-25(16-32-28)33-30(38)29-26-13-23(6-8-27(26)34-35-29)24-12-22(14-31-15-24)19-36-10-4-3-5-11-36/h6-9,12-16,20-21H,3-5,10-11,17-19H2,1-2H3,(H,33,38)(H,34,35). The van der Waals surface area contributed by atoms with Gasteiger partial charge in [-0.1, -0.05) is 12.5 Å². The molecule has 6 rings (SSSR count). The molecule has 0 bridgehead atoms. The van der Waals surface area contributed by atoms with Crippen molar-refractivity contribution in [2.45, 2.75) is 51.9 Å². The summed E-state index contributed by atoms with van der Waals surface area (Å²) < 4.78 is 5.82. The number of hydrogen-bond donors (Lipinski definition) is 2. The number of piperidine rings is 1. The van der Waals surface area contributed by atoms with Crippen LogP contribution in [0.15, 0.2) is 55.0 Å². The molecular formula is C30H35N7O2. The molecule has 2 aliphatic rings. The molecule has 3 aromatic heterocycles. The number of amides is 1. The van der Waals surface area contributed by atoms with Gasteiger partial charge >= 0.3 is 0 Å². The first kappa shape index (κ1) is 25.5. The van der Waals surface area contributed by atoms with Gasteiger partial charge in [0.15, 0.2) is 5.69 Å². The van der Waals surface area contributed by atoms with Crippen molar-refractivity contribution in [2.24, 2.45) is 0 Å². The monoisotopic (exact) mass is 525 g/mol. The average molecular weight is 526 g/mol. The van der Waals surface area contributed by atoms with Gasteiger partial charge in [-0.15, -0.1) is 0 Å². The molecule has 2 saturated heterocycles. The van der Waals surface area contributed by atoms with Crippen LogP contribution < -0.4 is 10.2 Å². The largest absolute Gasteiger partial charge is 0.372 e. The molecule has 2 fully saturated rings. The zero-order valence-electron chi connectivity index (χ0n) is 22.6. The number of aromatic nitrogens is 4. The van der Waals surface area contributed by atoms with Gasteiger partial charge in [0.25, 0.3) is 5.91 Å². The number of morpholine rings is 1. The molecule has 0 saturated carbocycles. The molecule has 0 aliphatic carbocycles. The summed E-state index contributed by atoms with van der Waals surface area (Å²) in [5, 5.41) is 11.0. The van der Waals surface area contributed by atoms with Crippen molar-refractivity contribution in [3.8, 4) is 11.1 Å². The Morgan fingerprint density at radius 2 is 1.82 bits per heavy atom. The van der Waals surface area contributed by atoms with Gasteiger partial charge < -0.3 is 15.0 Å². The zero-order valence-corrected chi connectivity index (χ0v) is 22.6. The van der Waals surface area contributed by atoms with Gasteiger partial charge in [-0.05, 0) is 81.2 Å². The Bertz CT molecular complexity index is 1440. The highest BCUT2D eigenvalue weighted by Crippen LogP contribution is 2.27. The van der Waals surface area contributed by atoms with Crippen LogP contribution in [0.3, 0.4) is 0 Å². The fourth-order valence-electron chi connectivity index (χ4n) is 5.68. The minimum absolute atomic E-state index is 0.153. The zero-order chi connectivity index (χ0) is 26.8. The summed E-state index contributed by atoms with van der Waals surface area (Å²) >= 11 is 0. The number of benzene rings is 1. The van der Waals surface area contributed by atoms with Gasteiger partial charge in [0.1, 0.15) is 5.82 Å². The Kier molecular flexibility index (Phi) is 7.26. The molecule has 2 unspecified atom stereocenters. The second kappa shape index (κ2) is 11.1. The van der Waals surface area contributed by atoms with Crippen molar-refractivity contribution in [1.29, 1.82) is 0 Å². The predicted molar refractivity (Wildman–Crippen MR) is 153 cm³/mol. The van der Waals surface area contributed by atoms with Crippen molar-refractivity contribution >= 4 is 28.3 Å². The molecule has 1 aromatic carbocycles. The van der Waals surface area contributed by atoms with E-state index in [0.29, 0.717) is 11.4 Å². The number of carbonyl (C=O) groups is 1. The summed E-state index contributed by atoms with van der Waals surface area (Å²) in [7, 11) is 0. The van der Waals surface area contributed by atoms with Crippen LogP contribution in [0, 0.1) is 0 Å². The number of hydrogen-bond acceptors (Lipinski definition) is 7. The number of nitrogens with one attached hydrogen (secondary N) is 2. The maximum Gasteiger partial charge on any atom is 0.276 e. The second-order valence-electron chi connectivity index (χ2n) is 10.8. The summed E-state index contributed by atoms with van der Waals surface area (Å²) in [4.78, 5) is 27.0. The molecule has 0 radical (unpaired) electrons. The Morgan fingerprint density at radius 3 is 2.59 bits per heavy atom. The fourth-order valence-corrected chi connectivity index (χ4v) is 5.68. The fraction of sp³-hybridized carbons (Fsp3) is 0.400. The number of carbonyl (C=O) groups excluding carboxylic acids is 1. The number of aromatic amines is 1. The first-order valence-corrected chi connectivity index (χ1v) is 13.8. The Labute approximate surface area is 228 Å². The van der Waals surface area contributed by atoms with E-state index in [9.17, 15) is 4.79 Å². The topological polar surface area (TPSA) is 99.3 Å². The third-order valence-electron chi connectivity index (χ3n) is 7.51. The van der Waals surface area contributed by atoms with Crippen molar-refractivity contribution < 1.29 is 9.53 Å². The number of rotatable bonds is 6. The van der Waals surface area contributed by atoms with Crippen molar-refractivity contribution in [1.82, 2.24) is 25.1 Å². The summed E-state index contributed by atoms with van der Waals surface area (Å²) in [5.74, 6) is 0.597. The number of H-pyrrole nitrogens is 1. The molecule has 4 aromatic rings. The first-order chi connectivity index (χ1) is 19.0. The van der Waals surface area contributed by atoms with Crippen LogP contribution in [0.1, 0.15) is 49.2 Å². The smallest absolute Gasteiger partial charge is 0.276 e. The van der Waals surface area contributed by atoms with E-state index in [-0.39, 0.29) is 18.1 Å². The molecule has 2 atom stereocenters. The van der Waals surface area contributed by atoms with E-state index in [1.165, 1.54) is 24.8 Å². The molecule has 39 heavy (non-hydrogen) atoms. The number of fused-ring (bicyclic) bond motifs is 1. The van der Waals surface area contributed by atoms with Crippen LogP contribution in [0.2, 0.25) is 0 Å². The molecule has 0 spiro atoms. The SMILES string of the molecule is CC1CN(c2ccc(NC(=O)c3n[nH]c4ccc(-c5cncc(CN6CCCCC6)c5)cc34)cn2)CC(C)O1. The highest BCUT2D eigenvalue weighted by molar-refractivity contribution is 6.11. The lowest BCUT2D eigenvalue weighted by Crippen LogP contribution is -2.45. The van der Waals surface area contributed by atoms with E-state index in [0.717, 1.165) is 60.6 Å². The maximum atomic E-state index is 13.2. The number of ether oxygens (including phenoxy) is 1. The quantitative estimate of drug-likeness (QED) is 0.370. The van der Waals surface area contributed by atoms with Crippen LogP contribution in [-0.2, 0) is 11.3 Å². The third-order valence-corrected chi connectivity index (χ3v) is 7.51. The van der Waals surface area contributed by atoms with Crippen molar-refractivity contribution in [2.75, 3.05) is 36.4 Å². The minimum atomic E-state index is -0.279. The minimum Gasteiger partial charge on any atom is -0.372 e. The Hall–Kier alpha value is -3.82. The lowest BCUT2D eigenvalue weighted by Gasteiger charge is -2.36. The molecule has 1 amide bonds. The van der Waals surface area contributed by atoms with Crippen molar-refractivity contribution in [3.63, 3.8) is 0 Å². The van der Waals surface area contributed by atoms with E-state index in [1.807, 2.05) is 42.7 Å². The molecule has 2 N–H and O–H groups in total. The first-order valence-electron chi connectivity index (χ1n) is 13.8. The van der Waals surface area contributed by atoms with Crippen LogP contribution >= 0.6 is 0 Å². The molecule has 9 nitrogen and oxygen atoms in total. The predicted octanol–water partition coefficient (Wildman–Crippen LogP) is 4.87. The number of anilines is 2. The van der Waals surface area contributed by atoms with Crippen LogP contribution in [0.5, 0.6) is 0 Å². The van der Waals surface area contributed by atoms with Crippen LogP contribution in [0.4, 0.5) is 11.5 Å². The van der Waals surface area contributed by atoms with Gasteiger partial charge in [-0.2, -0.15) is 5.10 Å². The molecule has 9 heteroatoms. The summed E-state index contributed by atoms with van der Waals surface area (Å²) in [5.41, 5.74) is 5.03. The summed E-state index contributed by atoms with van der Waals surface area (Å²) in [6.45, 7) is 8.93. The molecule has 2 aliphatic heterocycles. The molecule has 202 valence electrons. The molecule has 5 heterocycles. The van der Waals surface area contributed by atoms with Gasteiger partial charge in [0.2, 0.25) is 0 Å². The summed E-state index contributed by atoms with van der Waals surface area (Å²) in [6, 6.07) is 12.0. The van der Waals surface area contributed by atoms with E-state index in [1.54, 1.807) is 6.20 Å². The van der Waals surface area contributed by atoms with Gasteiger partial charge in [0, 0.05) is 43.0 Å². The summed E-state index contributed by atoms with van der Waals surface area (Å²) in [6.07, 6.45) is 9.68. The highest BCUT2D eigenvalue weighted by atomic mass is 16.5. The Morgan fingerprint density at radius 1 is 1.00 bits per heavy atom.